The van der Waals surface area contributed by atoms with E-state index in [4.69, 9.17) is 4.74 Å². The summed E-state index contributed by atoms with van der Waals surface area (Å²) in [7, 11) is 1.96. The number of thiophene rings is 1. The Morgan fingerprint density at radius 2 is 1.80 bits per heavy atom. The molecule has 54 heavy (non-hydrogen) atoms. The fourth-order valence-corrected chi connectivity index (χ4v) is 8.28. The van der Waals surface area contributed by atoms with Crippen molar-refractivity contribution in [3.8, 4) is 10.4 Å². The molecule has 0 unspecified atom stereocenters. The molecular weight excluding hydrogens is 714 g/mol. The van der Waals surface area contributed by atoms with Gasteiger partial charge in [-0.2, -0.15) is 0 Å². The van der Waals surface area contributed by atoms with E-state index in [-0.39, 0.29) is 17.4 Å². The number of pyridine rings is 1. The second kappa shape index (κ2) is 15.8. The number of anilines is 4. The maximum absolute atomic E-state index is 13.7. The number of carbonyl (C=O) groups excluding carboxylic acids is 2. The van der Waals surface area contributed by atoms with Crippen LogP contribution in [0, 0.1) is 22.9 Å². The number of ether oxygens (including phenoxy) is 1. The molecule has 3 aliphatic rings. The van der Waals surface area contributed by atoms with Gasteiger partial charge in [0.25, 0.3) is 5.91 Å². The highest BCUT2D eigenvalue weighted by Crippen LogP contribution is 2.43. The van der Waals surface area contributed by atoms with Crippen molar-refractivity contribution in [1.82, 2.24) is 4.98 Å². The Morgan fingerprint density at radius 1 is 1.04 bits per heavy atom. The number of rotatable bonds is 8. The number of aromatic nitrogens is 1. The van der Waals surface area contributed by atoms with Crippen molar-refractivity contribution in [3.05, 3.63) is 118 Å². The maximum Gasteiger partial charge on any atom is 0.259 e. The summed E-state index contributed by atoms with van der Waals surface area (Å²) < 4.78 is 46.1. The molecule has 5 aromatic rings. The second-order valence-corrected chi connectivity index (χ2v) is 14.9. The molecule has 2 fully saturated rings. The number of fused-ring (bicyclic) bond motifs is 3. The van der Waals surface area contributed by atoms with Crippen molar-refractivity contribution in [3.63, 3.8) is 0 Å². The van der Waals surface area contributed by atoms with E-state index in [0.29, 0.717) is 34.5 Å². The lowest BCUT2D eigenvalue weighted by Gasteiger charge is -2.53. The van der Waals surface area contributed by atoms with Gasteiger partial charge in [-0.25, -0.2) is 18.2 Å². The number of aldehydes is 1. The first kappa shape index (κ1) is 36.8. The molecule has 13 heteroatoms. The summed E-state index contributed by atoms with van der Waals surface area (Å²) in [6.07, 6.45) is 5.49. The zero-order chi connectivity index (χ0) is 37.8. The van der Waals surface area contributed by atoms with E-state index in [9.17, 15) is 22.8 Å². The van der Waals surface area contributed by atoms with Gasteiger partial charge in [0.2, 0.25) is 0 Å². The largest absolute Gasteiger partial charge is 0.381 e. The number of nitrogens with zero attached hydrogens (tertiary/aromatic N) is 4. The predicted molar refractivity (Wildman–Crippen MR) is 208 cm³/mol. The highest BCUT2D eigenvalue weighted by Gasteiger charge is 2.45. The highest BCUT2D eigenvalue weighted by molar-refractivity contribution is 7.15. The smallest absolute Gasteiger partial charge is 0.259 e. The molecule has 8 rings (SSSR count). The van der Waals surface area contributed by atoms with Gasteiger partial charge in [-0.3, -0.25) is 14.6 Å². The fraction of sp³-hybridized carbons (Fsp3) is 0.268. The van der Waals surface area contributed by atoms with Gasteiger partial charge in [-0.15, -0.1) is 11.3 Å². The summed E-state index contributed by atoms with van der Waals surface area (Å²) in [5.74, 6) is -1.61. The molecule has 2 N–H and O–H groups in total. The van der Waals surface area contributed by atoms with Crippen molar-refractivity contribution >= 4 is 58.8 Å². The number of hydrogen-bond donors (Lipinski definition) is 2. The van der Waals surface area contributed by atoms with Gasteiger partial charge in [-0.05, 0) is 92.2 Å². The van der Waals surface area contributed by atoms with E-state index in [0.717, 1.165) is 97.4 Å². The number of aliphatic imine (C=N–C) groups is 1. The van der Waals surface area contributed by atoms with Gasteiger partial charge in [0.1, 0.15) is 17.9 Å². The van der Waals surface area contributed by atoms with Crippen LogP contribution in [0.4, 0.5) is 41.7 Å². The van der Waals surface area contributed by atoms with Crippen LogP contribution >= 0.6 is 11.3 Å². The first-order valence-corrected chi connectivity index (χ1v) is 18.4. The van der Waals surface area contributed by atoms with E-state index in [1.54, 1.807) is 60.0 Å². The summed E-state index contributed by atoms with van der Waals surface area (Å²) in [4.78, 5) is 38.1. The highest BCUT2D eigenvalue weighted by atomic mass is 32.1. The molecule has 0 aliphatic carbocycles. The second-order valence-electron chi connectivity index (χ2n) is 13.7. The van der Waals surface area contributed by atoms with Gasteiger partial charge in [0, 0.05) is 102 Å². The Labute approximate surface area is 315 Å². The Bertz CT molecular complexity index is 2180. The Balaban J connectivity index is 0.000000167. The Kier molecular flexibility index (Phi) is 10.8. The lowest BCUT2D eigenvalue weighted by atomic mass is 9.73. The van der Waals surface area contributed by atoms with Gasteiger partial charge in [0.05, 0.1) is 16.9 Å². The lowest BCUT2D eigenvalue weighted by Crippen LogP contribution is -2.59. The summed E-state index contributed by atoms with van der Waals surface area (Å²) in [6.45, 7) is 8.12. The minimum Gasteiger partial charge on any atom is -0.381 e. The molecule has 3 aliphatic heterocycles. The van der Waals surface area contributed by atoms with Gasteiger partial charge >= 0.3 is 0 Å². The van der Waals surface area contributed by atoms with Crippen molar-refractivity contribution in [1.29, 1.82) is 0 Å². The van der Waals surface area contributed by atoms with E-state index in [1.165, 1.54) is 11.6 Å². The van der Waals surface area contributed by atoms with Crippen LogP contribution in [0.2, 0.25) is 0 Å². The van der Waals surface area contributed by atoms with Crippen molar-refractivity contribution < 1.29 is 27.5 Å². The number of hydrogen-bond acceptors (Lipinski definition) is 9. The van der Waals surface area contributed by atoms with Crippen LogP contribution in [0.25, 0.3) is 10.4 Å². The molecule has 278 valence electrons. The molecule has 0 saturated carbocycles. The van der Waals surface area contributed by atoms with Gasteiger partial charge < -0.3 is 25.2 Å². The van der Waals surface area contributed by atoms with Gasteiger partial charge in [-0.1, -0.05) is 0 Å². The molecule has 2 aromatic heterocycles. The van der Waals surface area contributed by atoms with Crippen molar-refractivity contribution in [2.45, 2.75) is 25.8 Å². The van der Waals surface area contributed by atoms with Crippen LogP contribution in [0.15, 0.2) is 84.0 Å². The molecular formula is C41H39F3N6O3S. The Hall–Kier alpha value is -5.53. The van der Waals surface area contributed by atoms with Crippen LogP contribution in [0.1, 0.15) is 44.0 Å². The third kappa shape index (κ3) is 7.87. The van der Waals surface area contributed by atoms with Crippen molar-refractivity contribution in [2.24, 2.45) is 10.4 Å². The van der Waals surface area contributed by atoms with Crippen LogP contribution in [-0.4, -0.2) is 63.8 Å². The van der Waals surface area contributed by atoms with Crippen molar-refractivity contribution in [2.75, 3.05) is 60.3 Å². The fourth-order valence-electron chi connectivity index (χ4n) is 7.10. The normalized spacial score (nSPS) is 15.5. The number of halogens is 3. The molecule has 0 bridgehead atoms. The van der Waals surface area contributed by atoms with Gasteiger partial charge in [0.15, 0.2) is 11.6 Å². The first-order valence-electron chi connectivity index (χ1n) is 17.6. The first-order chi connectivity index (χ1) is 26.1. The number of likely N-dealkylation sites (N-methyl/N-ethyl adjacent to an activating group) is 1. The summed E-state index contributed by atoms with van der Waals surface area (Å²) in [5.41, 5.74) is 5.84. The molecule has 1 spiro atoms. The van der Waals surface area contributed by atoms with E-state index >= 15 is 0 Å². The number of nitrogens with one attached hydrogen (secondary N) is 2. The zero-order valence-corrected chi connectivity index (χ0v) is 30.5. The molecule has 0 radical (unpaired) electrons. The zero-order valence-electron chi connectivity index (χ0n) is 29.7. The predicted octanol–water partition coefficient (Wildman–Crippen LogP) is 8.53. The van der Waals surface area contributed by atoms with E-state index in [2.05, 4.69) is 43.2 Å². The summed E-state index contributed by atoms with van der Waals surface area (Å²) in [5, 5.41) is 6.00. The molecule has 5 heterocycles. The Morgan fingerprint density at radius 3 is 2.54 bits per heavy atom. The minimum absolute atomic E-state index is 0.195. The quantitative estimate of drug-likeness (QED) is 0.121. The minimum atomic E-state index is -0.955. The average Bonchev–Trinajstić information content (AvgIpc) is 3.54. The SMILES string of the molecule is C=Nc1cc(F)c(F)cc1NCc1cc2c(s1)-c1ccc(F)cc1N(C)CC2.O=Cc1ccc(NC(=O)c2cccnc2N2CC3(CCOCC3)C2)cc1. The molecule has 2 saturated heterocycles. The summed E-state index contributed by atoms with van der Waals surface area (Å²) >= 11 is 1.61. The molecule has 0 atom stereocenters. The number of amides is 1. The maximum atomic E-state index is 13.7. The van der Waals surface area contributed by atoms with E-state index in [1.807, 2.05) is 13.1 Å². The average molecular weight is 753 g/mol. The molecule has 9 nitrogen and oxygen atoms in total. The standard InChI is InChI=1S/C21H18F3N3S.C20H21N3O3/c1-25-18-9-16(23)17(24)10-19(18)26-11-14-7-12-5-6-27(2)20-8-13(22)3-4-15(20)21(12)28-14;24-12-15-3-5-16(6-4-15)22-19(25)17-2-1-9-21-18(17)23-13-20(14-23)7-10-26-11-8-20/h3-4,7-10,26H,1,5-6,11H2,2H3;1-6,9,12H,7-8,10-11,13-14H2,(H,22,25). The molecule has 3 aromatic carbocycles. The third-order valence-corrected chi connectivity index (χ3v) is 11.3. The lowest BCUT2D eigenvalue weighted by molar-refractivity contribution is -0.000509. The van der Waals surface area contributed by atoms with E-state index < -0.39 is 11.6 Å². The van der Waals surface area contributed by atoms with Crippen LogP contribution in [0.3, 0.4) is 0 Å². The number of carbonyl (C=O) groups is 2. The monoisotopic (exact) mass is 752 g/mol. The topological polar surface area (TPSA) is 99.2 Å². The molecule has 1 amide bonds. The summed E-state index contributed by atoms with van der Waals surface area (Å²) in [6, 6.07) is 19.4. The van der Waals surface area contributed by atoms with Crippen LogP contribution < -0.4 is 20.4 Å². The van der Waals surface area contributed by atoms with Crippen LogP contribution in [-0.2, 0) is 17.7 Å². The third-order valence-electron chi connectivity index (χ3n) is 10.1. The van der Waals surface area contributed by atoms with Crippen LogP contribution in [0.5, 0.6) is 0 Å². The number of benzene rings is 3.